The zero-order valence-corrected chi connectivity index (χ0v) is 24.9. The van der Waals surface area contributed by atoms with Crippen LogP contribution in [0, 0.1) is 0 Å². The predicted octanol–water partition coefficient (Wildman–Crippen LogP) is 4.62. The predicted molar refractivity (Wildman–Crippen MR) is 155 cm³/mol. The van der Waals surface area contributed by atoms with Crippen LogP contribution in [0.1, 0.15) is 70.9 Å². The van der Waals surface area contributed by atoms with Gasteiger partial charge >= 0.3 is 0 Å². The van der Waals surface area contributed by atoms with E-state index in [0.29, 0.717) is 17.9 Å². The van der Waals surface area contributed by atoms with E-state index in [9.17, 15) is 18.0 Å². The molecule has 214 valence electrons. The molecule has 0 spiro atoms. The fourth-order valence-electron chi connectivity index (χ4n) is 4.96. The normalized spacial score (nSPS) is 15.0. The first kappa shape index (κ1) is 30.5. The van der Waals surface area contributed by atoms with Crippen molar-refractivity contribution in [3.8, 4) is 5.75 Å². The van der Waals surface area contributed by atoms with Crippen LogP contribution in [-0.4, -0.2) is 57.1 Å². The van der Waals surface area contributed by atoms with E-state index in [1.54, 1.807) is 31.4 Å². The molecule has 8 nitrogen and oxygen atoms in total. The number of ether oxygens (including phenoxy) is 1. The van der Waals surface area contributed by atoms with Crippen molar-refractivity contribution < 1.29 is 22.7 Å². The first-order valence-corrected chi connectivity index (χ1v) is 15.5. The van der Waals surface area contributed by atoms with Crippen molar-refractivity contribution in [3.63, 3.8) is 0 Å². The molecule has 1 unspecified atom stereocenters. The third-order valence-corrected chi connectivity index (χ3v) is 8.44. The summed E-state index contributed by atoms with van der Waals surface area (Å²) in [6, 6.07) is 13.9. The maximum absolute atomic E-state index is 13.9. The molecule has 1 atom stereocenters. The van der Waals surface area contributed by atoms with Gasteiger partial charge in [-0.15, -0.1) is 0 Å². The van der Waals surface area contributed by atoms with Gasteiger partial charge in [0, 0.05) is 12.6 Å². The molecule has 0 bridgehead atoms. The summed E-state index contributed by atoms with van der Waals surface area (Å²) in [6.45, 7) is 7.87. The molecule has 1 N–H and O–H groups in total. The molecule has 2 aromatic carbocycles. The molecule has 0 heterocycles. The van der Waals surface area contributed by atoms with E-state index in [4.69, 9.17) is 4.74 Å². The van der Waals surface area contributed by atoms with Crippen LogP contribution in [0.25, 0.3) is 0 Å². The van der Waals surface area contributed by atoms with E-state index >= 15 is 0 Å². The molecule has 39 heavy (non-hydrogen) atoms. The topological polar surface area (TPSA) is 96.0 Å². The van der Waals surface area contributed by atoms with Crippen molar-refractivity contribution in [1.82, 2.24) is 10.2 Å². The largest absolute Gasteiger partial charge is 0.497 e. The Morgan fingerprint density at radius 3 is 2.10 bits per heavy atom. The monoisotopic (exact) mass is 557 g/mol. The van der Waals surface area contributed by atoms with Crippen LogP contribution in [0.2, 0.25) is 0 Å². The van der Waals surface area contributed by atoms with Gasteiger partial charge in [-0.05, 0) is 60.1 Å². The second-order valence-electron chi connectivity index (χ2n) is 11.4. The van der Waals surface area contributed by atoms with Gasteiger partial charge in [0.05, 0.1) is 19.1 Å². The van der Waals surface area contributed by atoms with E-state index in [-0.39, 0.29) is 23.9 Å². The Balaban J connectivity index is 1.92. The number of methoxy groups -OCH3 is 1. The summed E-state index contributed by atoms with van der Waals surface area (Å²) in [6.07, 6.45) is 5.51. The summed E-state index contributed by atoms with van der Waals surface area (Å²) in [5.74, 6) is 0.0425. The van der Waals surface area contributed by atoms with Crippen molar-refractivity contribution in [2.45, 2.75) is 83.8 Å². The van der Waals surface area contributed by atoms with Gasteiger partial charge in [-0.1, -0.05) is 64.8 Å². The first-order valence-electron chi connectivity index (χ1n) is 13.6. The van der Waals surface area contributed by atoms with Gasteiger partial charge in [0.1, 0.15) is 18.3 Å². The highest BCUT2D eigenvalue weighted by atomic mass is 32.2. The Morgan fingerprint density at radius 1 is 1.03 bits per heavy atom. The zero-order chi connectivity index (χ0) is 28.8. The second kappa shape index (κ2) is 12.9. The van der Waals surface area contributed by atoms with Gasteiger partial charge in [0.25, 0.3) is 0 Å². The number of carbonyl (C=O) groups excluding carboxylic acids is 2. The van der Waals surface area contributed by atoms with Crippen LogP contribution in [0.3, 0.4) is 0 Å². The number of anilines is 1. The molecule has 1 aliphatic carbocycles. The lowest BCUT2D eigenvalue weighted by Crippen LogP contribution is -2.53. The number of hydrogen-bond donors (Lipinski definition) is 1. The van der Waals surface area contributed by atoms with Crippen LogP contribution in [0.15, 0.2) is 48.5 Å². The fraction of sp³-hybridized carbons (Fsp3) is 0.533. The molecule has 2 amide bonds. The van der Waals surface area contributed by atoms with Crippen molar-refractivity contribution in [2.24, 2.45) is 0 Å². The number of carbonyl (C=O) groups is 2. The number of nitrogens with zero attached hydrogens (tertiary/aromatic N) is 2. The van der Waals surface area contributed by atoms with Gasteiger partial charge < -0.3 is 15.0 Å². The highest BCUT2D eigenvalue weighted by Gasteiger charge is 2.33. The Kier molecular flexibility index (Phi) is 10.0. The molecule has 0 aromatic heterocycles. The second-order valence-corrected chi connectivity index (χ2v) is 13.3. The van der Waals surface area contributed by atoms with Crippen molar-refractivity contribution >= 4 is 27.5 Å². The van der Waals surface area contributed by atoms with Crippen LogP contribution < -0.4 is 14.4 Å². The molecule has 1 fully saturated rings. The van der Waals surface area contributed by atoms with Crippen molar-refractivity contribution in [2.75, 3.05) is 24.2 Å². The van der Waals surface area contributed by atoms with Gasteiger partial charge in [-0.3, -0.25) is 13.9 Å². The van der Waals surface area contributed by atoms with Gasteiger partial charge in [-0.2, -0.15) is 0 Å². The average Bonchev–Trinajstić information content (AvgIpc) is 3.39. The first-order chi connectivity index (χ1) is 18.3. The molecule has 9 heteroatoms. The van der Waals surface area contributed by atoms with Crippen molar-refractivity contribution in [3.05, 3.63) is 59.7 Å². The number of amides is 2. The van der Waals surface area contributed by atoms with E-state index in [0.717, 1.165) is 47.4 Å². The van der Waals surface area contributed by atoms with E-state index in [1.807, 2.05) is 31.2 Å². The standard InChI is InChI=1S/C30H43N3O5S/c1-7-27(29(35)31-24-10-8-9-11-24)32(20-22-12-18-26(38-5)19-13-22)28(34)21-33(39(6,36)37)25-16-14-23(15-17-25)30(2,3)4/h12-19,24,27H,7-11,20-21H2,1-6H3,(H,31,35). The molecule has 1 aliphatic rings. The lowest BCUT2D eigenvalue weighted by molar-refractivity contribution is -0.140. The van der Waals surface area contributed by atoms with Crippen LogP contribution in [-0.2, 0) is 31.6 Å². The fourth-order valence-corrected chi connectivity index (χ4v) is 5.81. The molecule has 3 rings (SSSR count). The summed E-state index contributed by atoms with van der Waals surface area (Å²) in [7, 11) is -2.20. The van der Waals surface area contributed by atoms with E-state index < -0.39 is 28.5 Å². The summed E-state index contributed by atoms with van der Waals surface area (Å²) < 4.78 is 32.1. The Hall–Kier alpha value is -3.07. The Morgan fingerprint density at radius 2 is 1.62 bits per heavy atom. The molecular formula is C30H43N3O5S. The summed E-state index contributed by atoms with van der Waals surface area (Å²) in [4.78, 5) is 28.8. The number of benzene rings is 2. The number of hydrogen-bond acceptors (Lipinski definition) is 5. The Bertz CT molecular complexity index is 1210. The minimum atomic E-state index is -3.78. The lowest BCUT2D eigenvalue weighted by Gasteiger charge is -2.33. The molecule has 0 radical (unpaired) electrons. The van der Waals surface area contributed by atoms with E-state index in [1.165, 1.54) is 4.90 Å². The summed E-state index contributed by atoms with van der Waals surface area (Å²) >= 11 is 0. The third-order valence-electron chi connectivity index (χ3n) is 7.30. The molecule has 1 saturated carbocycles. The molecule has 0 saturated heterocycles. The Labute approximate surface area is 233 Å². The van der Waals surface area contributed by atoms with Gasteiger partial charge in [-0.25, -0.2) is 8.42 Å². The third kappa shape index (κ3) is 8.21. The highest BCUT2D eigenvalue weighted by Crippen LogP contribution is 2.27. The summed E-state index contributed by atoms with van der Waals surface area (Å²) in [5, 5.41) is 3.12. The zero-order valence-electron chi connectivity index (χ0n) is 24.1. The SMILES string of the molecule is CCC(C(=O)NC1CCCC1)N(Cc1ccc(OC)cc1)C(=O)CN(c1ccc(C(C)(C)C)cc1)S(C)(=O)=O. The number of nitrogens with one attached hydrogen (secondary N) is 1. The van der Waals surface area contributed by atoms with Gasteiger partial charge in [0.2, 0.25) is 21.8 Å². The van der Waals surface area contributed by atoms with Crippen LogP contribution in [0.5, 0.6) is 5.75 Å². The number of rotatable bonds is 11. The van der Waals surface area contributed by atoms with Gasteiger partial charge in [0.15, 0.2) is 0 Å². The highest BCUT2D eigenvalue weighted by molar-refractivity contribution is 7.92. The van der Waals surface area contributed by atoms with Crippen LogP contribution in [0.4, 0.5) is 5.69 Å². The molecule has 0 aliphatic heterocycles. The van der Waals surface area contributed by atoms with E-state index in [2.05, 4.69) is 26.1 Å². The van der Waals surface area contributed by atoms with Crippen LogP contribution >= 0.6 is 0 Å². The average molecular weight is 558 g/mol. The summed E-state index contributed by atoms with van der Waals surface area (Å²) in [5.41, 5.74) is 2.19. The lowest BCUT2D eigenvalue weighted by atomic mass is 9.87. The smallest absolute Gasteiger partial charge is 0.244 e. The molecular weight excluding hydrogens is 514 g/mol. The number of sulfonamides is 1. The maximum Gasteiger partial charge on any atom is 0.244 e. The molecule has 2 aromatic rings. The maximum atomic E-state index is 13.9. The minimum absolute atomic E-state index is 0.0968. The minimum Gasteiger partial charge on any atom is -0.497 e. The van der Waals surface area contributed by atoms with Crippen molar-refractivity contribution in [1.29, 1.82) is 0 Å². The quantitative estimate of drug-likeness (QED) is 0.435.